The van der Waals surface area contributed by atoms with E-state index in [0.29, 0.717) is 31.0 Å². The van der Waals surface area contributed by atoms with Crippen molar-refractivity contribution >= 4 is 18.3 Å². The van der Waals surface area contributed by atoms with E-state index in [1.165, 1.54) is 36.8 Å². The van der Waals surface area contributed by atoms with Crippen molar-refractivity contribution < 1.29 is 4.79 Å². The first kappa shape index (κ1) is 16.3. The molecule has 1 aromatic rings. The average molecular weight is 309 g/mol. The van der Waals surface area contributed by atoms with Crippen molar-refractivity contribution in [3.05, 3.63) is 35.4 Å². The molecule has 2 atom stereocenters. The second-order valence-electron chi connectivity index (χ2n) is 6.38. The number of carbonyl (C=O) groups excluding carboxylic acids is 1. The second kappa shape index (κ2) is 7.28. The summed E-state index contributed by atoms with van der Waals surface area (Å²) in [5.74, 6) is 0.783. The van der Waals surface area contributed by atoms with E-state index in [1.54, 1.807) is 0 Å². The van der Waals surface area contributed by atoms with E-state index >= 15 is 0 Å². The lowest BCUT2D eigenvalue weighted by molar-refractivity contribution is -0.122. The fraction of sp³-hybridized carbons (Fsp3) is 0.588. The first-order valence-electron chi connectivity index (χ1n) is 7.78. The number of piperidine rings is 1. The third kappa shape index (κ3) is 4.21. The van der Waals surface area contributed by atoms with Crippen LogP contribution in [0.5, 0.6) is 0 Å². The molecule has 0 aliphatic carbocycles. The lowest BCUT2D eigenvalue weighted by Crippen LogP contribution is -2.39. The van der Waals surface area contributed by atoms with Crippen molar-refractivity contribution in [2.75, 3.05) is 0 Å². The third-order valence-electron chi connectivity index (χ3n) is 4.78. The molecule has 0 saturated carbocycles. The number of hydrogen-bond acceptors (Lipinski definition) is 2. The fourth-order valence-corrected chi connectivity index (χ4v) is 3.68. The van der Waals surface area contributed by atoms with Crippen LogP contribution in [-0.4, -0.2) is 18.0 Å². The van der Waals surface area contributed by atoms with Crippen molar-refractivity contribution in [1.29, 1.82) is 0 Å². The Morgan fingerprint density at radius 1 is 1.24 bits per heavy atom. The van der Waals surface area contributed by atoms with Crippen LogP contribution >= 0.6 is 12.4 Å². The molecule has 2 bridgehead atoms. The number of carbonyl (C=O) groups is 1. The minimum absolute atomic E-state index is 0. The standard InChI is InChI=1S/C17H24N2O.ClH/c1-12-4-2-3-5-14(12)11-18-17(20)10-13-8-15-6-7-16(9-13)19-15;/h2-5,13,15-16,19H,6-11H2,1H3,(H,18,20);1H. The topological polar surface area (TPSA) is 41.1 Å². The number of nitrogens with one attached hydrogen (secondary N) is 2. The summed E-state index contributed by atoms with van der Waals surface area (Å²) in [4.78, 5) is 12.1. The largest absolute Gasteiger partial charge is 0.352 e. The molecule has 4 heteroatoms. The summed E-state index contributed by atoms with van der Waals surface area (Å²) in [6.07, 6.45) is 5.64. The Morgan fingerprint density at radius 2 is 1.90 bits per heavy atom. The van der Waals surface area contributed by atoms with Crippen LogP contribution in [0.4, 0.5) is 0 Å². The quantitative estimate of drug-likeness (QED) is 0.898. The minimum atomic E-state index is 0. The van der Waals surface area contributed by atoms with Crippen molar-refractivity contribution in [1.82, 2.24) is 10.6 Å². The second-order valence-corrected chi connectivity index (χ2v) is 6.38. The van der Waals surface area contributed by atoms with E-state index in [2.05, 4.69) is 29.7 Å². The van der Waals surface area contributed by atoms with Gasteiger partial charge < -0.3 is 10.6 Å². The Hall–Kier alpha value is -1.06. The first-order chi connectivity index (χ1) is 9.70. The Labute approximate surface area is 133 Å². The zero-order valence-corrected chi connectivity index (χ0v) is 13.4. The summed E-state index contributed by atoms with van der Waals surface area (Å²) >= 11 is 0. The summed E-state index contributed by atoms with van der Waals surface area (Å²) in [5, 5.41) is 6.70. The maximum Gasteiger partial charge on any atom is 0.220 e. The molecular formula is C17H25ClN2O. The highest BCUT2D eigenvalue weighted by Crippen LogP contribution is 2.32. The molecule has 1 aromatic carbocycles. The monoisotopic (exact) mass is 308 g/mol. The highest BCUT2D eigenvalue weighted by atomic mass is 35.5. The summed E-state index contributed by atoms with van der Waals surface area (Å²) in [5.41, 5.74) is 2.46. The molecule has 3 nitrogen and oxygen atoms in total. The van der Waals surface area contributed by atoms with Gasteiger partial charge in [0.2, 0.25) is 5.91 Å². The molecule has 2 heterocycles. The van der Waals surface area contributed by atoms with Gasteiger partial charge >= 0.3 is 0 Å². The normalized spacial score (nSPS) is 27.0. The van der Waals surface area contributed by atoms with E-state index in [-0.39, 0.29) is 18.3 Å². The van der Waals surface area contributed by atoms with Gasteiger partial charge in [-0.3, -0.25) is 4.79 Å². The molecule has 2 aliphatic heterocycles. The van der Waals surface area contributed by atoms with Gasteiger partial charge in [0.25, 0.3) is 0 Å². The van der Waals surface area contributed by atoms with Crippen LogP contribution in [0.3, 0.4) is 0 Å². The van der Waals surface area contributed by atoms with Crippen LogP contribution in [0.25, 0.3) is 0 Å². The van der Waals surface area contributed by atoms with Gasteiger partial charge in [0, 0.05) is 25.0 Å². The molecule has 2 saturated heterocycles. The maximum absolute atomic E-state index is 12.1. The van der Waals surface area contributed by atoms with Crippen molar-refractivity contribution in [2.45, 2.75) is 57.7 Å². The van der Waals surface area contributed by atoms with Gasteiger partial charge in [-0.2, -0.15) is 0 Å². The number of fused-ring (bicyclic) bond motifs is 2. The summed E-state index contributed by atoms with van der Waals surface area (Å²) in [6, 6.07) is 9.57. The van der Waals surface area contributed by atoms with Crippen molar-refractivity contribution in [2.24, 2.45) is 5.92 Å². The molecule has 0 radical (unpaired) electrons. The van der Waals surface area contributed by atoms with E-state index in [0.717, 1.165) is 0 Å². The van der Waals surface area contributed by atoms with E-state index < -0.39 is 0 Å². The van der Waals surface area contributed by atoms with Crippen LogP contribution in [0, 0.1) is 12.8 Å². The Kier molecular flexibility index (Phi) is 5.65. The van der Waals surface area contributed by atoms with E-state index in [1.807, 2.05) is 12.1 Å². The predicted molar refractivity (Wildman–Crippen MR) is 87.6 cm³/mol. The van der Waals surface area contributed by atoms with E-state index in [9.17, 15) is 4.79 Å². The molecule has 2 aliphatic rings. The van der Waals surface area contributed by atoms with Gasteiger partial charge in [-0.05, 0) is 49.7 Å². The summed E-state index contributed by atoms with van der Waals surface area (Å²) in [6.45, 7) is 2.75. The minimum Gasteiger partial charge on any atom is -0.352 e. The molecule has 2 unspecified atom stereocenters. The number of hydrogen-bond donors (Lipinski definition) is 2. The summed E-state index contributed by atoms with van der Waals surface area (Å²) in [7, 11) is 0. The average Bonchev–Trinajstić information content (AvgIpc) is 2.77. The van der Waals surface area contributed by atoms with Crippen molar-refractivity contribution in [3.8, 4) is 0 Å². The number of rotatable bonds is 4. The fourth-order valence-electron chi connectivity index (χ4n) is 3.68. The van der Waals surface area contributed by atoms with Crippen LogP contribution < -0.4 is 10.6 Å². The molecule has 21 heavy (non-hydrogen) atoms. The zero-order valence-electron chi connectivity index (χ0n) is 12.6. The SMILES string of the molecule is Cc1ccccc1CNC(=O)CC1CC2CCC(C1)N2.Cl. The van der Waals surface area contributed by atoms with Gasteiger partial charge in [0.15, 0.2) is 0 Å². The molecular weight excluding hydrogens is 284 g/mol. The number of halogens is 1. The summed E-state index contributed by atoms with van der Waals surface area (Å²) < 4.78 is 0. The molecule has 1 amide bonds. The van der Waals surface area contributed by atoms with E-state index in [4.69, 9.17) is 0 Å². The maximum atomic E-state index is 12.1. The van der Waals surface area contributed by atoms with Gasteiger partial charge in [-0.1, -0.05) is 24.3 Å². The van der Waals surface area contributed by atoms with Gasteiger partial charge in [-0.25, -0.2) is 0 Å². The van der Waals surface area contributed by atoms with Crippen LogP contribution in [-0.2, 0) is 11.3 Å². The van der Waals surface area contributed by atoms with Crippen LogP contribution in [0.15, 0.2) is 24.3 Å². The Bertz CT molecular complexity index is 479. The zero-order chi connectivity index (χ0) is 13.9. The lowest BCUT2D eigenvalue weighted by Gasteiger charge is -2.28. The molecule has 2 N–H and O–H groups in total. The molecule has 2 fully saturated rings. The number of benzene rings is 1. The Balaban J connectivity index is 0.00000161. The molecule has 0 spiro atoms. The lowest BCUT2D eigenvalue weighted by atomic mass is 9.89. The van der Waals surface area contributed by atoms with Crippen LogP contribution in [0.2, 0.25) is 0 Å². The number of amides is 1. The van der Waals surface area contributed by atoms with Gasteiger partial charge in [0.05, 0.1) is 0 Å². The Morgan fingerprint density at radius 3 is 2.57 bits per heavy atom. The first-order valence-corrected chi connectivity index (χ1v) is 7.78. The van der Waals surface area contributed by atoms with Crippen molar-refractivity contribution in [3.63, 3.8) is 0 Å². The number of aryl methyl sites for hydroxylation is 1. The smallest absolute Gasteiger partial charge is 0.220 e. The highest BCUT2D eigenvalue weighted by molar-refractivity contribution is 5.85. The third-order valence-corrected chi connectivity index (χ3v) is 4.78. The predicted octanol–water partition coefficient (Wildman–Crippen LogP) is 2.95. The highest BCUT2D eigenvalue weighted by Gasteiger charge is 2.34. The molecule has 0 aromatic heterocycles. The van der Waals surface area contributed by atoms with Crippen LogP contribution in [0.1, 0.15) is 43.2 Å². The van der Waals surface area contributed by atoms with Gasteiger partial charge in [0.1, 0.15) is 0 Å². The molecule has 116 valence electrons. The molecule has 3 rings (SSSR count). The van der Waals surface area contributed by atoms with Gasteiger partial charge in [-0.15, -0.1) is 12.4 Å².